The van der Waals surface area contributed by atoms with Crippen LogP contribution in [-0.4, -0.2) is 47.0 Å². The summed E-state index contributed by atoms with van der Waals surface area (Å²) >= 11 is 9.98. The lowest BCUT2D eigenvalue weighted by atomic mass is 10.00. The molecule has 0 aliphatic carbocycles. The number of hydrogen-bond acceptors (Lipinski definition) is 5. The zero-order chi connectivity index (χ0) is 25.3. The van der Waals surface area contributed by atoms with Crippen molar-refractivity contribution in [3.63, 3.8) is 0 Å². The second-order valence-corrected chi connectivity index (χ2v) is 12.2. The minimum atomic E-state index is -3.52. The summed E-state index contributed by atoms with van der Waals surface area (Å²) in [5.74, 6) is 0.935. The summed E-state index contributed by atoms with van der Waals surface area (Å²) < 4.78 is 30.7. The topological polar surface area (TPSA) is 79.6 Å². The van der Waals surface area contributed by atoms with Gasteiger partial charge in [0.25, 0.3) is 0 Å². The minimum Gasteiger partial charge on any atom is -0.370 e. The first-order valence-corrected chi connectivity index (χ1v) is 14.6. The standard InChI is InChI=1S/C26H27BrClN5O2S/c1-2-18-9-11-20(12-10-18)36(34,35)32-13-5-6-19(17-32)15-29-25-14-24(21-7-3-4-8-23(21)28)31-26-22(27)16-30-33(25)26/h3-4,7-12,14,16,19,29H,2,5-6,13,15,17H2,1H3. The normalized spacial score (nSPS) is 16.9. The Hall–Kier alpha value is -2.46. The van der Waals surface area contributed by atoms with Crippen LogP contribution in [0, 0.1) is 5.92 Å². The maximum absolute atomic E-state index is 13.3. The molecule has 1 aliphatic heterocycles. The van der Waals surface area contributed by atoms with Crippen molar-refractivity contribution in [2.24, 2.45) is 5.92 Å². The van der Waals surface area contributed by atoms with Gasteiger partial charge in [0.05, 0.1) is 21.3 Å². The Kier molecular flexibility index (Phi) is 7.35. The van der Waals surface area contributed by atoms with Crippen LogP contribution in [0.3, 0.4) is 0 Å². The van der Waals surface area contributed by atoms with Crippen LogP contribution < -0.4 is 5.32 Å². The molecule has 2 aromatic carbocycles. The predicted molar refractivity (Wildman–Crippen MR) is 147 cm³/mol. The average Bonchev–Trinajstić information content (AvgIpc) is 3.28. The van der Waals surface area contributed by atoms with E-state index in [1.54, 1.807) is 27.2 Å². The molecule has 1 unspecified atom stereocenters. The molecule has 1 aliphatic rings. The number of nitrogens with one attached hydrogen (secondary N) is 1. The number of aromatic nitrogens is 3. The van der Waals surface area contributed by atoms with Gasteiger partial charge in [-0.15, -0.1) is 0 Å². The summed E-state index contributed by atoms with van der Waals surface area (Å²) in [5.41, 5.74) is 3.38. The molecule has 188 valence electrons. The van der Waals surface area contributed by atoms with E-state index in [-0.39, 0.29) is 5.92 Å². The van der Waals surface area contributed by atoms with Crippen LogP contribution in [0.1, 0.15) is 25.3 Å². The minimum absolute atomic E-state index is 0.162. The second-order valence-electron chi connectivity index (χ2n) is 8.98. The van der Waals surface area contributed by atoms with Crippen LogP contribution in [0.15, 0.2) is 70.2 Å². The Balaban J connectivity index is 1.36. The molecular formula is C26H27BrClN5O2S. The van der Waals surface area contributed by atoms with E-state index in [2.05, 4.69) is 33.3 Å². The molecule has 0 amide bonds. The van der Waals surface area contributed by atoms with E-state index in [0.717, 1.165) is 46.4 Å². The molecule has 5 rings (SSSR count). The highest BCUT2D eigenvalue weighted by Gasteiger charge is 2.30. The number of benzene rings is 2. The molecule has 10 heteroatoms. The smallest absolute Gasteiger partial charge is 0.243 e. The molecule has 4 aromatic rings. The molecule has 0 radical (unpaired) electrons. The lowest BCUT2D eigenvalue weighted by Gasteiger charge is -2.32. The first-order valence-electron chi connectivity index (χ1n) is 12.0. The number of aryl methyl sites for hydroxylation is 1. The summed E-state index contributed by atoms with van der Waals surface area (Å²) in [7, 11) is -3.52. The van der Waals surface area contributed by atoms with Gasteiger partial charge in [-0.05, 0) is 64.9 Å². The van der Waals surface area contributed by atoms with Crippen LogP contribution in [0.25, 0.3) is 16.9 Å². The van der Waals surface area contributed by atoms with Gasteiger partial charge in [-0.1, -0.05) is 48.9 Å². The summed E-state index contributed by atoms with van der Waals surface area (Å²) in [6, 6.07) is 16.7. The Morgan fingerprint density at radius 1 is 1.17 bits per heavy atom. The third-order valence-electron chi connectivity index (χ3n) is 6.60. The Morgan fingerprint density at radius 3 is 2.69 bits per heavy atom. The first-order chi connectivity index (χ1) is 17.4. The third kappa shape index (κ3) is 5.02. The van der Waals surface area contributed by atoms with Crippen LogP contribution in [0.4, 0.5) is 5.82 Å². The Bertz CT molecular complexity index is 1490. The summed E-state index contributed by atoms with van der Waals surface area (Å²) in [6.07, 6.45) is 4.36. The van der Waals surface area contributed by atoms with Crippen LogP contribution >= 0.6 is 27.5 Å². The van der Waals surface area contributed by atoms with Crippen LogP contribution in [0.2, 0.25) is 5.02 Å². The summed E-state index contributed by atoms with van der Waals surface area (Å²) in [4.78, 5) is 5.11. The van der Waals surface area contributed by atoms with Gasteiger partial charge in [-0.25, -0.2) is 13.4 Å². The van der Waals surface area contributed by atoms with Crippen molar-refractivity contribution < 1.29 is 8.42 Å². The average molecular weight is 589 g/mol. The Morgan fingerprint density at radius 2 is 1.94 bits per heavy atom. The van der Waals surface area contributed by atoms with Gasteiger partial charge in [-0.2, -0.15) is 13.9 Å². The van der Waals surface area contributed by atoms with Crippen molar-refractivity contribution in [3.05, 3.63) is 75.9 Å². The van der Waals surface area contributed by atoms with Gasteiger partial charge >= 0.3 is 0 Å². The van der Waals surface area contributed by atoms with Crippen molar-refractivity contribution in [3.8, 4) is 11.3 Å². The number of anilines is 1. The van der Waals surface area contributed by atoms with Gasteiger partial charge in [-0.3, -0.25) is 0 Å². The highest BCUT2D eigenvalue weighted by Crippen LogP contribution is 2.31. The zero-order valence-corrected chi connectivity index (χ0v) is 23.0. The summed E-state index contributed by atoms with van der Waals surface area (Å²) in [6.45, 7) is 3.68. The van der Waals surface area contributed by atoms with E-state index in [0.29, 0.717) is 35.2 Å². The molecule has 2 aromatic heterocycles. The van der Waals surface area contributed by atoms with Crippen molar-refractivity contribution in [1.29, 1.82) is 0 Å². The number of sulfonamides is 1. The SMILES string of the molecule is CCc1ccc(S(=O)(=O)N2CCCC(CNc3cc(-c4ccccc4Cl)nc4c(Br)cnn34)C2)cc1. The molecule has 36 heavy (non-hydrogen) atoms. The number of rotatable bonds is 7. The molecule has 7 nitrogen and oxygen atoms in total. The van der Waals surface area contributed by atoms with Crippen molar-refractivity contribution >= 4 is 49.0 Å². The lowest BCUT2D eigenvalue weighted by Crippen LogP contribution is -2.41. The quantitative estimate of drug-likeness (QED) is 0.291. The molecule has 1 saturated heterocycles. The molecule has 1 atom stereocenters. The number of nitrogens with zero attached hydrogens (tertiary/aromatic N) is 4. The lowest BCUT2D eigenvalue weighted by molar-refractivity contribution is 0.275. The molecule has 0 saturated carbocycles. The van der Waals surface area contributed by atoms with Crippen molar-refractivity contribution in [1.82, 2.24) is 18.9 Å². The summed E-state index contributed by atoms with van der Waals surface area (Å²) in [5, 5.41) is 8.58. The van der Waals surface area contributed by atoms with E-state index >= 15 is 0 Å². The highest BCUT2D eigenvalue weighted by molar-refractivity contribution is 9.10. The van der Waals surface area contributed by atoms with Gasteiger partial charge < -0.3 is 5.32 Å². The van der Waals surface area contributed by atoms with Gasteiger partial charge in [0, 0.05) is 36.3 Å². The molecule has 1 fully saturated rings. The Labute approximate surface area is 224 Å². The molecule has 0 bridgehead atoms. The van der Waals surface area contributed by atoms with E-state index < -0.39 is 10.0 Å². The molecular weight excluding hydrogens is 562 g/mol. The maximum atomic E-state index is 13.3. The maximum Gasteiger partial charge on any atom is 0.243 e. The molecule has 1 N–H and O–H groups in total. The van der Waals surface area contributed by atoms with Gasteiger partial charge in [0.15, 0.2) is 5.65 Å². The van der Waals surface area contributed by atoms with Crippen LogP contribution in [0.5, 0.6) is 0 Å². The number of halogens is 2. The highest BCUT2D eigenvalue weighted by atomic mass is 79.9. The largest absolute Gasteiger partial charge is 0.370 e. The first kappa shape index (κ1) is 25.2. The zero-order valence-electron chi connectivity index (χ0n) is 19.9. The second kappa shape index (κ2) is 10.5. The van der Waals surface area contributed by atoms with E-state index in [1.165, 1.54) is 0 Å². The van der Waals surface area contributed by atoms with E-state index in [4.69, 9.17) is 16.6 Å². The third-order valence-corrected chi connectivity index (χ3v) is 9.37. The van der Waals surface area contributed by atoms with E-state index in [1.807, 2.05) is 42.5 Å². The van der Waals surface area contributed by atoms with Crippen LogP contribution in [-0.2, 0) is 16.4 Å². The fourth-order valence-electron chi connectivity index (χ4n) is 4.58. The number of hydrogen-bond donors (Lipinski definition) is 1. The fraction of sp³-hybridized carbons (Fsp3) is 0.308. The van der Waals surface area contributed by atoms with E-state index in [9.17, 15) is 8.42 Å². The fourth-order valence-corrected chi connectivity index (χ4v) is 6.71. The van der Waals surface area contributed by atoms with Gasteiger partial charge in [0.1, 0.15) is 5.82 Å². The van der Waals surface area contributed by atoms with Crippen molar-refractivity contribution in [2.75, 3.05) is 25.0 Å². The van der Waals surface area contributed by atoms with Gasteiger partial charge in [0.2, 0.25) is 10.0 Å². The molecule has 0 spiro atoms. The molecule has 3 heterocycles. The monoisotopic (exact) mass is 587 g/mol. The predicted octanol–water partition coefficient (Wildman–Crippen LogP) is 5.89. The number of fused-ring (bicyclic) bond motifs is 1. The number of piperidine rings is 1. The van der Waals surface area contributed by atoms with Crippen molar-refractivity contribution in [2.45, 2.75) is 31.1 Å².